The summed E-state index contributed by atoms with van der Waals surface area (Å²) in [6.45, 7) is 0. The van der Waals surface area contributed by atoms with Crippen molar-refractivity contribution in [3.8, 4) is 21.8 Å². The van der Waals surface area contributed by atoms with Crippen LogP contribution in [0.25, 0.3) is 21.8 Å². The molecule has 2 amide bonds. The van der Waals surface area contributed by atoms with Gasteiger partial charge in [0.1, 0.15) is 5.01 Å². The van der Waals surface area contributed by atoms with Crippen molar-refractivity contribution in [2.45, 2.75) is 0 Å². The molecule has 2 aromatic carbocycles. The Balaban J connectivity index is 1.51. The van der Waals surface area contributed by atoms with E-state index in [1.54, 1.807) is 42.7 Å². The number of hydrogen-bond acceptors (Lipinski definition) is 5. The highest BCUT2D eigenvalue weighted by Gasteiger charge is 2.36. The number of nitrogens with zero attached hydrogens (tertiary/aromatic N) is 3. The van der Waals surface area contributed by atoms with Crippen LogP contribution in [0.4, 0.5) is 5.69 Å². The molecular formula is C22H13N3O2S. The van der Waals surface area contributed by atoms with Gasteiger partial charge in [0.25, 0.3) is 11.8 Å². The second-order valence-electron chi connectivity index (χ2n) is 6.32. The Morgan fingerprint density at radius 2 is 1.50 bits per heavy atom. The van der Waals surface area contributed by atoms with E-state index in [0.29, 0.717) is 16.8 Å². The van der Waals surface area contributed by atoms with E-state index in [1.807, 2.05) is 35.7 Å². The van der Waals surface area contributed by atoms with Gasteiger partial charge in [-0.3, -0.25) is 14.6 Å². The fourth-order valence-electron chi connectivity index (χ4n) is 3.26. The van der Waals surface area contributed by atoms with Crippen molar-refractivity contribution in [3.63, 3.8) is 0 Å². The predicted octanol–water partition coefficient (Wildman–Crippen LogP) is 4.67. The molecule has 0 N–H and O–H groups in total. The molecule has 0 saturated heterocycles. The summed E-state index contributed by atoms with van der Waals surface area (Å²) in [5.74, 6) is -0.594. The lowest BCUT2D eigenvalue weighted by molar-refractivity contribution is 0.0926. The normalized spacial score (nSPS) is 13.1. The third kappa shape index (κ3) is 2.62. The SMILES string of the molecule is O=C1c2ccccc2C(=O)N1c1cccc(-c2nc(-c3ccncc3)cs2)c1. The van der Waals surface area contributed by atoms with Gasteiger partial charge in [-0.2, -0.15) is 0 Å². The molecule has 3 heterocycles. The molecule has 5 rings (SSSR count). The minimum absolute atomic E-state index is 0.297. The van der Waals surface area contributed by atoms with E-state index in [0.717, 1.165) is 21.8 Å². The number of carbonyl (C=O) groups excluding carboxylic acids is 2. The number of carbonyl (C=O) groups is 2. The third-order valence-corrected chi connectivity index (χ3v) is 5.52. The van der Waals surface area contributed by atoms with Crippen molar-refractivity contribution in [3.05, 3.63) is 89.6 Å². The number of hydrogen-bond donors (Lipinski definition) is 0. The van der Waals surface area contributed by atoms with Gasteiger partial charge in [-0.05, 0) is 36.4 Å². The minimum atomic E-state index is -0.297. The van der Waals surface area contributed by atoms with Crippen molar-refractivity contribution in [2.75, 3.05) is 4.90 Å². The number of aromatic nitrogens is 2. The molecule has 0 spiro atoms. The quantitative estimate of drug-likeness (QED) is 0.482. The summed E-state index contributed by atoms with van der Waals surface area (Å²) >= 11 is 1.52. The van der Waals surface area contributed by atoms with E-state index < -0.39 is 0 Å². The molecular weight excluding hydrogens is 370 g/mol. The number of thiazole rings is 1. The standard InChI is InChI=1S/C22H13N3O2S/c26-21-17-6-1-2-7-18(17)22(27)25(21)16-5-3-4-15(12-16)20-24-19(13-28-20)14-8-10-23-11-9-14/h1-13H. The summed E-state index contributed by atoms with van der Waals surface area (Å²) in [6.07, 6.45) is 3.47. The maximum absolute atomic E-state index is 12.7. The molecule has 0 aliphatic carbocycles. The van der Waals surface area contributed by atoms with Crippen molar-refractivity contribution in [1.82, 2.24) is 9.97 Å². The van der Waals surface area contributed by atoms with Gasteiger partial charge in [0, 0.05) is 28.9 Å². The van der Waals surface area contributed by atoms with Gasteiger partial charge in [-0.25, -0.2) is 9.88 Å². The van der Waals surface area contributed by atoms with Crippen LogP contribution in [-0.2, 0) is 0 Å². The Hall–Kier alpha value is -3.64. The summed E-state index contributed by atoms with van der Waals surface area (Å²) in [5.41, 5.74) is 4.14. The summed E-state index contributed by atoms with van der Waals surface area (Å²) in [6, 6.07) is 18.1. The fraction of sp³-hybridized carbons (Fsp3) is 0. The first kappa shape index (κ1) is 16.5. The number of imide groups is 1. The van der Waals surface area contributed by atoms with E-state index >= 15 is 0 Å². The Morgan fingerprint density at radius 3 is 2.21 bits per heavy atom. The van der Waals surface area contributed by atoms with Crippen LogP contribution in [-0.4, -0.2) is 21.8 Å². The lowest BCUT2D eigenvalue weighted by Crippen LogP contribution is -2.29. The van der Waals surface area contributed by atoms with E-state index in [9.17, 15) is 9.59 Å². The molecule has 0 saturated carbocycles. The topological polar surface area (TPSA) is 63.2 Å². The lowest BCUT2D eigenvalue weighted by Gasteiger charge is -2.14. The number of amides is 2. The van der Waals surface area contributed by atoms with Gasteiger partial charge in [-0.1, -0.05) is 24.3 Å². The molecule has 28 heavy (non-hydrogen) atoms. The van der Waals surface area contributed by atoms with Crippen LogP contribution < -0.4 is 4.90 Å². The average molecular weight is 383 g/mol. The van der Waals surface area contributed by atoms with Crippen molar-refractivity contribution >= 4 is 28.8 Å². The first-order valence-electron chi connectivity index (χ1n) is 8.66. The molecule has 0 radical (unpaired) electrons. The summed E-state index contributed by atoms with van der Waals surface area (Å²) < 4.78 is 0. The largest absolute Gasteiger partial charge is 0.268 e. The van der Waals surface area contributed by atoms with Crippen molar-refractivity contribution in [2.24, 2.45) is 0 Å². The smallest absolute Gasteiger partial charge is 0.266 e. The molecule has 2 aromatic heterocycles. The second kappa shape index (κ2) is 6.51. The second-order valence-corrected chi connectivity index (χ2v) is 7.17. The third-order valence-electron chi connectivity index (χ3n) is 4.63. The van der Waals surface area contributed by atoms with E-state index in [-0.39, 0.29) is 11.8 Å². The first-order valence-corrected chi connectivity index (χ1v) is 9.54. The molecule has 1 aliphatic heterocycles. The highest BCUT2D eigenvalue weighted by molar-refractivity contribution is 7.13. The molecule has 5 nitrogen and oxygen atoms in total. The first-order chi connectivity index (χ1) is 13.7. The molecule has 0 unspecified atom stereocenters. The number of rotatable bonds is 3. The zero-order valence-corrected chi connectivity index (χ0v) is 15.4. The van der Waals surface area contributed by atoms with Gasteiger partial charge in [0.15, 0.2) is 0 Å². The Labute approximate surface area is 164 Å². The monoisotopic (exact) mass is 383 g/mol. The Bertz CT molecular complexity index is 1180. The highest BCUT2D eigenvalue weighted by Crippen LogP contribution is 2.33. The lowest BCUT2D eigenvalue weighted by atomic mass is 10.1. The van der Waals surface area contributed by atoms with Gasteiger partial charge in [-0.15, -0.1) is 11.3 Å². The van der Waals surface area contributed by atoms with Crippen LogP contribution in [0.3, 0.4) is 0 Å². The summed E-state index contributed by atoms with van der Waals surface area (Å²) in [5, 5.41) is 2.81. The molecule has 134 valence electrons. The van der Waals surface area contributed by atoms with Gasteiger partial charge < -0.3 is 0 Å². The van der Waals surface area contributed by atoms with Crippen LogP contribution in [0.1, 0.15) is 20.7 Å². The average Bonchev–Trinajstić information content (AvgIpc) is 3.33. The maximum Gasteiger partial charge on any atom is 0.266 e. The Morgan fingerprint density at radius 1 is 0.786 bits per heavy atom. The fourth-order valence-corrected chi connectivity index (χ4v) is 4.09. The number of benzene rings is 2. The molecule has 0 atom stereocenters. The number of pyridine rings is 1. The summed E-state index contributed by atoms with van der Waals surface area (Å²) in [4.78, 5) is 35.4. The predicted molar refractivity (Wildman–Crippen MR) is 108 cm³/mol. The Kier molecular flexibility index (Phi) is 3.84. The van der Waals surface area contributed by atoms with Crippen molar-refractivity contribution in [1.29, 1.82) is 0 Å². The zero-order chi connectivity index (χ0) is 19.1. The number of fused-ring (bicyclic) bond motifs is 1. The minimum Gasteiger partial charge on any atom is -0.268 e. The van der Waals surface area contributed by atoms with Crippen LogP contribution in [0, 0.1) is 0 Å². The van der Waals surface area contributed by atoms with Crippen LogP contribution >= 0.6 is 11.3 Å². The van der Waals surface area contributed by atoms with Gasteiger partial charge >= 0.3 is 0 Å². The zero-order valence-electron chi connectivity index (χ0n) is 14.6. The molecule has 0 bridgehead atoms. The molecule has 6 heteroatoms. The van der Waals surface area contributed by atoms with E-state index in [1.165, 1.54) is 16.2 Å². The highest BCUT2D eigenvalue weighted by atomic mass is 32.1. The molecule has 0 fully saturated rings. The van der Waals surface area contributed by atoms with Gasteiger partial charge in [0.2, 0.25) is 0 Å². The molecule has 4 aromatic rings. The molecule has 1 aliphatic rings. The van der Waals surface area contributed by atoms with E-state index in [2.05, 4.69) is 4.98 Å². The van der Waals surface area contributed by atoms with Crippen molar-refractivity contribution < 1.29 is 9.59 Å². The van der Waals surface area contributed by atoms with Crippen LogP contribution in [0.5, 0.6) is 0 Å². The van der Waals surface area contributed by atoms with E-state index in [4.69, 9.17) is 4.98 Å². The number of anilines is 1. The van der Waals surface area contributed by atoms with Crippen LogP contribution in [0.15, 0.2) is 78.4 Å². The summed E-state index contributed by atoms with van der Waals surface area (Å²) in [7, 11) is 0. The van der Waals surface area contributed by atoms with Gasteiger partial charge in [0.05, 0.1) is 22.5 Å². The maximum atomic E-state index is 12.7. The van der Waals surface area contributed by atoms with Crippen LogP contribution in [0.2, 0.25) is 0 Å².